The SMILES string of the molecule is COc1ccc(C2C(=N)C(=O)NC2=O)cc1OC. The first kappa shape index (κ1) is 12.1. The molecule has 18 heavy (non-hydrogen) atoms. The zero-order chi connectivity index (χ0) is 13.3. The van der Waals surface area contributed by atoms with Gasteiger partial charge in [0.25, 0.3) is 5.91 Å². The molecule has 6 nitrogen and oxygen atoms in total. The summed E-state index contributed by atoms with van der Waals surface area (Å²) in [5, 5.41) is 9.71. The monoisotopic (exact) mass is 248 g/mol. The Morgan fingerprint density at radius 1 is 1.17 bits per heavy atom. The molecule has 1 saturated heterocycles. The number of methoxy groups -OCH3 is 2. The van der Waals surface area contributed by atoms with Crippen LogP contribution in [0, 0.1) is 5.41 Å². The number of nitrogens with one attached hydrogen (secondary N) is 2. The summed E-state index contributed by atoms with van der Waals surface area (Å²) in [5.74, 6) is -1.04. The Kier molecular flexibility index (Phi) is 3.01. The highest BCUT2D eigenvalue weighted by Crippen LogP contribution is 2.32. The minimum Gasteiger partial charge on any atom is -0.493 e. The van der Waals surface area contributed by atoms with Gasteiger partial charge in [0, 0.05) is 0 Å². The zero-order valence-electron chi connectivity index (χ0n) is 9.94. The fourth-order valence-electron chi connectivity index (χ4n) is 1.86. The summed E-state index contributed by atoms with van der Waals surface area (Å²) in [6, 6.07) is 4.87. The fraction of sp³-hybridized carbons (Fsp3) is 0.250. The number of hydrogen-bond acceptors (Lipinski definition) is 5. The van der Waals surface area contributed by atoms with Gasteiger partial charge in [0.2, 0.25) is 5.91 Å². The summed E-state index contributed by atoms with van der Waals surface area (Å²) in [7, 11) is 2.98. The van der Waals surface area contributed by atoms with Crippen LogP contribution in [0.4, 0.5) is 0 Å². The molecule has 0 aromatic heterocycles. The second-order valence-corrected chi connectivity index (χ2v) is 3.78. The Bertz CT molecular complexity index is 539. The lowest BCUT2D eigenvalue weighted by molar-refractivity contribution is -0.124. The largest absolute Gasteiger partial charge is 0.493 e. The predicted molar refractivity (Wildman–Crippen MR) is 63.2 cm³/mol. The lowest BCUT2D eigenvalue weighted by Crippen LogP contribution is -2.21. The average molecular weight is 248 g/mol. The first-order valence-electron chi connectivity index (χ1n) is 5.24. The van der Waals surface area contributed by atoms with Crippen LogP contribution in [0.2, 0.25) is 0 Å². The van der Waals surface area contributed by atoms with Gasteiger partial charge in [-0.1, -0.05) is 6.07 Å². The molecule has 1 aromatic rings. The highest BCUT2D eigenvalue weighted by Gasteiger charge is 2.38. The quantitative estimate of drug-likeness (QED) is 0.761. The maximum absolute atomic E-state index is 11.6. The van der Waals surface area contributed by atoms with Gasteiger partial charge in [-0.3, -0.25) is 20.3 Å². The van der Waals surface area contributed by atoms with Crippen LogP contribution in [0.3, 0.4) is 0 Å². The van der Waals surface area contributed by atoms with E-state index in [-0.39, 0.29) is 5.71 Å². The van der Waals surface area contributed by atoms with Crippen molar-refractivity contribution < 1.29 is 19.1 Å². The molecule has 0 spiro atoms. The van der Waals surface area contributed by atoms with Gasteiger partial charge in [0.15, 0.2) is 11.5 Å². The van der Waals surface area contributed by atoms with Crippen molar-refractivity contribution >= 4 is 17.5 Å². The third kappa shape index (κ3) is 1.81. The first-order chi connectivity index (χ1) is 8.58. The van der Waals surface area contributed by atoms with E-state index in [9.17, 15) is 9.59 Å². The number of amides is 2. The van der Waals surface area contributed by atoms with Gasteiger partial charge in [0.1, 0.15) is 11.6 Å². The van der Waals surface area contributed by atoms with E-state index < -0.39 is 17.7 Å². The highest BCUT2D eigenvalue weighted by molar-refractivity contribution is 6.51. The van der Waals surface area contributed by atoms with Crippen LogP contribution in [-0.4, -0.2) is 31.7 Å². The minimum atomic E-state index is -0.877. The zero-order valence-corrected chi connectivity index (χ0v) is 9.94. The van der Waals surface area contributed by atoms with Crippen molar-refractivity contribution in [3.63, 3.8) is 0 Å². The number of carbonyl (C=O) groups excluding carboxylic acids is 2. The van der Waals surface area contributed by atoms with Crippen molar-refractivity contribution in [1.82, 2.24) is 5.32 Å². The third-order valence-corrected chi connectivity index (χ3v) is 2.77. The van der Waals surface area contributed by atoms with Crippen molar-refractivity contribution in [2.24, 2.45) is 0 Å². The van der Waals surface area contributed by atoms with Crippen LogP contribution in [0.1, 0.15) is 11.5 Å². The molecule has 1 aliphatic heterocycles. The van der Waals surface area contributed by atoms with Crippen LogP contribution < -0.4 is 14.8 Å². The number of carbonyl (C=O) groups is 2. The number of rotatable bonds is 3. The molecule has 94 valence electrons. The van der Waals surface area contributed by atoms with Crippen molar-refractivity contribution in [3.8, 4) is 11.5 Å². The summed E-state index contributed by atoms with van der Waals surface area (Å²) in [5.41, 5.74) is 0.271. The second-order valence-electron chi connectivity index (χ2n) is 3.78. The predicted octanol–water partition coefficient (Wildman–Crippen LogP) is 0.464. The summed E-state index contributed by atoms with van der Waals surface area (Å²) < 4.78 is 10.2. The second kappa shape index (κ2) is 4.48. The Hall–Kier alpha value is -2.37. The Morgan fingerprint density at radius 3 is 2.33 bits per heavy atom. The van der Waals surface area contributed by atoms with E-state index in [0.717, 1.165) is 0 Å². The van der Waals surface area contributed by atoms with Gasteiger partial charge in [-0.25, -0.2) is 0 Å². The molecule has 1 unspecified atom stereocenters. The fourth-order valence-corrected chi connectivity index (χ4v) is 1.86. The highest BCUT2D eigenvalue weighted by atomic mass is 16.5. The van der Waals surface area contributed by atoms with Gasteiger partial charge in [-0.05, 0) is 17.7 Å². The van der Waals surface area contributed by atoms with E-state index in [0.29, 0.717) is 17.1 Å². The lowest BCUT2D eigenvalue weighted by Gasteiger charge is -2.11. The average Bonchev–Trinajstić information content (AvgIpc) is 2.62. The van der Waals surface area contributed by atoms with Crippen molar-refractivity contribution in [2.75, 3.05) is 14.2 Å². The van der Waals surface area contributed by atoms with Crippen molar-refractivity contribution in [1.29, 1.82) is 5.41 Å². The summed E-state index contributed by atoms with van der Waals surface area (Å²) in [6.45, 7) is 0. The Balaban J connectivity index is 2.43. The molecule has 1 aromatic carbocycles. The van der Waals surface area contributed by atoms with Gasteiger partial charge in [-0.2, -0.15) is 0 Å². The number of benzene rings is 1. The standard InChI is InChI=1S/C12H12N2O4/c1-17-7-4-3-6(5-8(7)18-2)9-10(13)12(16)14-11(9)15/h3-5,9,13H,1-2H3,(H,14,15,16). The van der Waals surface area contributed by atoms with E-state index in [2.05, 4.69) is 5.32 Å². The molecule has 1 atom stereocenters. The maximum Gasteiger partial charge on any atom is 0.272 e. The molecular formula is C12H12N2O4. The summed E-state index contributed by atoms with van der Waals surface area (Å²) in [4.78, 5) is 22.8. The molecule has 1 aliphatic rings. The molecule has 0 bridgehead atoms. The molecule has 0 saturated carbocycles. The first-order valence-corrected chi connectivity index (χ1v) is 5.24. The molecule has 2 rings (SSSR count). The lowest BCUT2D eigenvalue weighted by atomic mass is 9.95. The summed E-state index contributed by atoms with van der Waals surface area (Å²) >= 11 is 0. The molecule has 1 heterocycles. The molecule has 2 N–H and O–H groups in total. The molecule has 1 fully saturated rings. The molecule has 2 amide bonds. The van der Waals surface area contributed by atoms with Gasteiger partial charge >= 0.3 is 0 Å². The molecular weight excluding hydrogens is 236 g/mol. The van der Waals surface area contributed by atoms with Crippen LogP contribution in [0.25, 0.3) is 0 Å². The van der Waals surface area contributed by atoms with Crippen molar-refractivity contribution in [2.45, 2.75) is 5.92 Å². The van der Waals surface area contributed by atoms with E-state index in [4.69, 9.17) is 14.9 Å². The van der Waals surface area contributed by atoms with Gasteiger partial charge in [-0.15, -0.1) is 0 Å². The van der Waals surface area contributed by atoms with Crippen LogP contribution in [0.15, 0.2) is 18.2 Å². The van der Waals surface area contributed by atoms with Gasteiger partial charge < -0.3 is 9.47 Å². The minimum absolute atomic E-state index is 0.257. The summed E-state index contributed by atoms with van der Waals surface area (Å²) in [6.07, 6.45) is 0. The van der Waals surface area contributed by atoms with E-state index in [1.54, 1.807) is 18.2 Å². The van der Waals surface area contributed by atoms with Crippen LogP contribution in [0.5, 0.6) is 11.5 Å². The van der Waals surface area contributed by atoms with E-state index in [1.165, 1.54) is 14.2 Å². The topological polar surface area (TPSA) is 88.5 Å². The Morgan fingerprint density at radius 2 is 1.83 bits per heavy atom. The number of ether oxygens (including phenoxy) is 2. The molecule has 0 aliphatic carbocycles. The molecule has 0 radical (unpaired) electrons. The maximum atomic E-state index is 11.6. The smallest absolute Gasteiger partial charge is 0.272 e. The number of imide groups is 1. The van der Waals surface area contributed by atoms with Gasteiger partial charge in [0.05, 0.1) is 14.2 Å². The van der Waals surface area contributed by atoms with Crippen molar-refractivity contribution in [3.05, 3.63) is 23.8 Å². The normalized spacial score (nSPS) is 18.8. The van der Waals surface area contributed by atoms with E-state index in [1.807, 2.05) is 0 Å². The van der Waals surface area contributed by atoms with E-state index >= 15 is 0 Å². The van der Waals surface area contributed by atoms with Crippen LogP contribution in [-0.2, 0) is 9.59 Å². The van der Waals surface area contributed by atoms with Crippen LogP contribution >= 0.6 is 0 Å². The molecule has 6 heteroatoms. The number of hydrogen-bond donors (Lipinski definition) is 2. The Labute approximate surface area is 103 Å². The third-order valence-electron chi connectivity index (χ3n) is 2.77.